The van der Waals surface area contributed by atoms with E-state index in [-0.39, 0.29) is 19.0 Å². The summed E-state index contributed by atoms with van der Waals surface area (Å²) in [6.07, 6.45) is 2.58. The molecular weight excluding hydrogens is 253 g/mol. The van der Waals surface area contributed by atoms with Gasteiger partial charge in [-0.15, -0.1) is 0 Å². The van der Waals surface area contributed by atoms with E-state index in [1.807, 2.05) is 4.90 Å². The molecule has 2 aliphatic rings. The van der Waals surface area contributed by atoms with Crippen molar-refractivity contribution in [1.82, 2.24) is 4.90 Å². The zero-order valence-corrected chi connectivity index (χ0v) is 11.5. The van der Waals surface area contributed by atoms with Gasteiger partial charge in [0.05, 0.1) is 5.92 Å². The van der Waals surface area contributed by atoms with E-state index in [0.29, 0.717) is 12.3 Å². The first-order valence-corrected chi connectivity index (χ1v) is 7.51. The van der Waals surface area contributed by atoms with E-state index in [1.165, 1.54) is 19.3 Å². The Morgan fingerprint density at radius 3 is 2.47 bits per heavy atom. The van der Waals surface area contributed by atoms with Crippen molar-refractivity contribution in [3.63, 3.8) is 0 Å². The predicted octanol–water partition coefficient (Wildman–Crippen LogP) is 3.17. The molecule has 0 radical (unpaired) electrons. The van der Waals surface area contributed by atoms with Crippen LogP contribution in [0.1, 0.15) is 44.9 Å². The van der Waals surface area contributed by atoms with Crippen LogP contribution in [0.4, 0.5) is 13.2 Å². The van der Waals surface area contributed by atoms with Crippen molar-refractivity contribution in [3.05, 3.63) is 0 Å². The summed E-state index contributed by atoms with van der Waals surface area (Å²) in [5.74, 6) is -0.752. The van der Waals surface area contributed by atoms with Crippen molar-refractivity contribution in [2.24, 2.45) is 17.6 Å². The quantitative estimate of drug-likeness (QED) is 0.786. The van der Waals surface area contributed by atoms with Crippen molar-refractivity contribution in [2.75, 3.05) is 19.6 Å². The average molecular weight is 278 g/mol. The summed E-state index contributed by atoms with van der Waals surface area (Å²) < 4.78 is 38.4. The summed E-state index contributed by atoms with van der Waals surface area (Å²) in [6, 6.07) is 0.175. The fourth-order valence-electron chi connectivity index (χ4n) is 3.46. The van der Waals surface area contributed by atoms with Crippen LogP contribution in [0.2, 0.25) is 0 Å². The van der Waals surface area contributed by atoms with Crippen molar-refractivity contribution in [3.8, 4) is 0 Å². The molecule has 1 saturated heterocycles. The Bertz CT molecular complexity index is 280. The summed E-state index contributed by atoms with van der Waals surface area (Å²) >= 11 is 0. The van der Waals surface area contributed by atoms with Gasteiger partial charge in [0.1, 0.15) is 0 Å². The number of nitrogens with two attached hydrogens (primary N) is 1. The zero-order valence-electron chi connectivity index (χ0n) is 11.5. The Morgan fingerprint density at radius 1 is 1.00 bits per heavy atom. The number of likely N-dealkylation sites (tertiary alicyclic amines) is 1. The molecule has 0 aromatic rings. The Kier molecular flexibility index (Phi) is 5.12. The second-order valence-electron chi connectivity index (χ2n) is 6.20. The average Bonchev–Trinajstić information content (AvgIpc) is 2.54. The van der Waals surface area contributed by atoms with Gasteiger partial charge in [0.2, 0.25) is 0 Å². The van der Waals surface area contributed by atoms with E-state index in [4.69, 9.17) is 5.73 Å². The van der Waals surface area contributed by atoms with Crippen LogP contribution in [0.3, 0.4) is 0 Å². The number of nitrogens with zero attached hydrogens (tertiary/aromatic N) is 1. The second-order valence-corrected chi connectivity index (χ2v) is 6.20. The molecule has 112 valence electrons. The van der Waals surface area contributed by atoms with Crippen LogP contribution in [-0.4, -0.2) is 36.8 Å². The van der Waals surface area contributed by atoms with Gasteiger partial charge in [-0.3, -0.25) is 0 Å². The third kappa shape index (κ3) is 4.35. The first-order chi connectivity index (χ1) is 8.97. The molecule has 1 aliphatic carbocycles. The third-order valence-electron chi connectivity index (χ3n) is 4.68. The molecule has 2 fully saturated rings. The maximum absolute atomic E-state index is 12.8. The van der Waals surface area contributed by atoms with Gasteiger partial charge >= 0.3 is 6.18 Å². The fourth-order valence-corrected chi connectivity index (χ4v) is 3.46. The van der Waals surface area contributed by atoms with E-state index in [2.05, 4.69) is 0 Å². The fraction of sp³-hybridized carbons (Fsp3) is 1.00. The molecule has 2 rings (SSSR count). The highest BCUT2D eigenvalue weighted by Crippen LogP contribution is 2.34. The van der Waals surface area contributed by atoms with E-state index in [1.54, 1.807) is 0 Å². The minimum absolute atomic E-state index is 0.173. The van der Waals surface area contributed by atoms with Crippen molar-refractivity contribution < 1.29 is 13.2 Å². The number of piperidine rings is 1. The molecule has 0 amide bonds. The Morgan fingerprint density at radius 2 is 1.74 bits per heavy atom. The van der Waals surface area contributed by atoms with Crippen LogP contribution in [0.25, 0.3) is 0 Å². The molecule has 0 spiro atoms. The minimum atomic E-state index is -4.04. The van der Waals surface area contributed by atoms with Crippen LogP contribution in [0.5, 0.6) is 0 Å². The largest absolute Gasteiger partial charge is 0.393 e. The third-order valence-corrected chi connectivity index (χ3v) is 4.68. The van der Waals surface area contributed by atoms with Crippen LogP contribution in [0.15, 0.2) is 0 Å². The molecule has 0 bridgehead atoms. The highest BCUT2D eigenvalue weighted by atomic mass is 19.4. The molecule has 2 N–H and O–H groups in total. The van der Waals surface area contributed by atoms with Gasteiger partial charge in [-0.05, 0) is 38.1 Å². The lowest BCUT2D eigenvalue weighted by atomic mass is 9.92. The molecule has 0 aromatic heterocycles. The standard InChI is InChI=1S/C14H25F3N2/c15-14(16,17)12-6-4-8-19(10-12)9-11-5-2-1-3-7-13(11)18/h11-13H,1-10,18H2. The lowest BCUT2D eigenvalue weighted by Crippen LogP contribution is -2.46. The Balaban J connectivity index is 1.87. The van der Waals surface area contributed by atoms with E-state index < -0.39 is 12.1 Å². The first kappa shape index (κ1) is 15.1. The molecule has 1 heterocycles. The first-order valence-electron chi connectivity index (χ1n) is 7.51. The van der Waals surface area contributed by atoms with Crippen LogP contribution in [-0.2, 0) is 0 Å². The highest BCUT2D eigenvalue weighted by Gasteiger charge is 2.42. The number of halogens is 3. The summed E-state index contributed by atoms with van der Waals surface area (Å²) in [6.45, 7) is 1.73. The number of hydrogen-bond donors (Lipinski definition) is 1. The Labute approximate surface area is 113 Å². The molecule has 1 aliphatic heterocycles. The molecule has 0 aromatic carbocycles. The summed E-state index contributed by atoms with van der Waals surface area (Å²) in [4.78, 5) is 2.00. The van der Waals surface area contributed by atoms with E-state index >= 15 is 0 Å². The molecule has 19 heavy (non-hydrogen) atoms. The molecule has 1 saturated carbocycles. The second kappa shape index (κ2) is 6.44. The van der Waals surface area contributed by atoms with Crippen molar-refractivity contribution in [1.29, 1.82) is 0 Å². The molecule has 5 heteroatoms. The lowest BCUT2D eigenvalue weighted by Gasteiger charge is -2.36. The van der Waals surface area contributed by atoms with Gasteiger partial charge in [-0.2, -0.15) is 13.2 Å². The summed E-state index contributed by atoms with van der Waals surface area (Å²) in [5, 5.41) is 0. The van der Waals surface area contributed by atoms with E-state index in [0.717, 1.165) is 25.9 Å². The zero-order chi connectivity index (χ0) is 13.9. The maximum atomic E-state index is 12.8. The number of hydrogen-bond acceptors (Lipinski definition) is 2. The predicted molar refractivity (Wildman–Crippen MR) is 69.8 cm³/mol. The van der Waals surface area contributed by atoms with Crippen LogP contribution >= 0.6 is 0 Å². The maximum Gasteiger partial charge on any atom is 0.393 e. The van der Waals surface area contributed by atoms with Crippen LogP contribution < -0.4 is 5.73 Å². The number of alkyl halides is 3. The molecular formula is C14H25F3N2. The van der Waals surface area contributed by atoms with Crippen molar-refractivity contribution in [2.45, 2.75) is 57.2 Å². The normalized spacial score (nSPS) is 35.1. The highest BCUT2D eigenvalue weighted by molar-refractivity contribution is 4.83. The topological polar surface area (TPSA) is 29.3 Å². The number of rotatable bonds is 2. The lowest BCUT2D eigenvalue weighted by molar-refractivity contribution is -0.187. The summed E-state index contributed by atoms with van der Waals surface area (Å²) in [5.41, 5.74) is 6.17. The van der Waals surface area contributed by atoms with Crippen LogP contribution in [0, 0.1) is 11.8 Å². The summed E-state index contributed by atoms with van der Waals surface area (Å²) in [7, 11) is 0. The SMILES string of the molecule is NC1CCCCCC1CN1CCCC(C(F)(F)F)C1. The van der Waals surface area contributed by atoms with E-state index in [9.17, 15) is 13.2 Å². The van der Waals surface area contributed by atoms with Gasteiger partial charge < -0.3 is 10.6 Å². The Hall–Kier alpha value is -0.290. The van der Waals surface area contributed by atoms with Gasteiger partial charge in [0, 0.05) is 19.1 Å². The van der Waals surface area contributed by atoms with Gasteiger partial charge in [0.15, 0.2) is 0 Å². The van der Waals surface area contributed by atoms with Gasteiger partial charge in [-0.25, -0.2) is 0 Å². The molecule has 3 unspecified atom stereocenters. The van der Waals surface area contributed by atoms with Gasteiger partial charge in [-0.1, -0.05) is 19.3 Å². The van der Waals surface area contributed by atoms with Crippen molar-refractivity contribution >= 4 is 0 Å². The monoisotopic (exact) mass is 278 g/mol. The molecule has 2 nitrogen and oxygen atoms in total. The smallest absolute Gasteiger partial charge is 0.327 e. The molecule has 3 atom stereocenters. The van der Waals surface area contributed by atoms with Gasteiger partial charge in [0.25, 0.3) is 0 Å². The minimum Gasteiger partial charge on any atom is -0.327 e.